The van der Waals surface area contributed by atoms with Crippen molar-refractivity contribution in [2.45, 2.75) is 10.9 Å². The van der Waals surface area contributed by atoms with Crippen molar-refractivity contribution in [2.75, 3.05) is 22.0 Å². The van der Waals surface area contributed by atoms with Crippen LogP contribution in [-0.4, -0.2) is 20.4 Å². The van der Waals surface area contributed by atoms with Gasteiger partial charge in [-0.2, -0.15) is 0 Å². The molecule has 1 unspecified atom stereocenters. The molecule has 0 saturated carbocycles. The molecule has 21 heavy (non-hydrogen) atoms. The number of nitrogens with one attached hydrogen (secondary N) is 2. The van der Waals surface area contributed by atoms with Crippen LogP contribution in [0.25, 0.3) is 0 Å². The quantitative estimate of drug-likeness (QED) is 0.907. The summed E-state index contributed by atoms with van der Waals surface area (Å²) >= 11 is 1.84. The maximum Gasteiger partial charge on any atom is 0.229 e. The van der Waals surface area contributed by atoms with Crippen LogP contribution in [0.2, 0.25) is 0 Å². The zero-order chi connectivity index (χ0) is 14.9. The predicted octanol–water partition coefficient (Wildman–Crippen LogP) is 3.32. The van der Waals surface area contributed by atoms with Gasteiger partial charge in [-0.15, -0.1) is 11.8 Å². The fourth-order valence-electron chi connectivity index (χ4n) is 2.37. The molecule has 0 radical (unpaired) electrons. The van der Waals surface area contributed by atoms with E-state index in [0.717, 1.165) is 17.7 Å². The molecule has 2 aromatic rings. The number of rotatable bonds is 4. The highest BCUT2D eigenvalue weighted by Crippen LogP contribution is 2.39. The Labute approximate surface area is 129 Å². The first-order chi connectivity index (χ1) is 10.0. The summed E-state index contributed by atoms with van der Waals surface area (Å²) in [5.74, 6) is 0.975. The van der Waals surface area contributed by atoms with Crippen molar-refractivity contribution < 1.29 is 8.42 Å². The minimum atomic E-state index is -3.25. The van der Waals surface area contributed by atoms with Gasteiger partial charge in [0.05, 0.1) is 18.0 Å². The third kappa shape index (κ3) is 3.51. The highest BCUT2D eigenvalue weighted by Gasteiger charge is 2.22. The number of benzene rings is 2. The topological polar surface area (TPSA) is 58.2 Å². The van der Waals surface area contributed by atoms with Gasteiger partial charge in [0, 0.05) is 16.3 Å². The fraction of sp³-hybridized carbons (Fsp3) is 0.200. The van der Waals surface area contributed by atoms with Crippen molar-refractivity contribution in [2.24, 2.45) is 0 Å². The average Bonchev–Trinajstić information content (AvgIpc) is 2.81. The first-order valence-electron chi connectivity index (χ1n) is 6.57. The van der Waals surface area contributed by atoms with Crippen molar-refractivity contribution in [3.8, 4) is 0 Å². The van der Waals surface area contributed by atoms with E-state index in [1.165, 1.54) is 10.5 Å². The molecular formula is C15H16N2O2S2. The van der Waals surface area contributed by atoms with Gasteiger partial charge in [0.25, 0.3) is 0 Å². The first-order valence-corrected chi connectivity index (χ1v) is 9.45. The van der Waals surface area contributed by atoms with Gasteiger partial charge < -0.3 is 5.32 Å². The Morgan fingerprint density at radius 3 is 2.67 bits per heavy atom. The summed E-state index contributed by atoms with van der Waals surface area (Å²) in [6.45, 7) is 0. The summed E-state index contributed by atoms with van der Waals surface area (Å²) in [4.78, 5) is 1.31. The minimum absolute atomic E-state index is 0.250. The van der Waals surface area contributed by atoms with Crippen molar-refractivity contribution in [3.63, 3.8) is 0 Å². The lowest BCUT2D eigenvalue weighted by Gasteiger charge is -2.15. The van der Waals surface area contributed by atoms with Crippen molar-refractivity contribution >= 4 is 33.2 Å². The second-order valence-electron chi connectivity index (χ2n) is 5.00. The molecule has 0 spiro atoms. The van der Waals surface area contributed by atoms with E-state index < -0.39 is 10.0 Å². The standard InChI is InChI=1S/C15H16N2O2S2/c1-21(18,19)17-12-6-4-5-11(9-12)16-14-10-20-15-8-3-2-7-13(14)15/h2-9,14,16-17H,10H2,1H3. The Hall–Kier alpha value is -1.66. The van der Waals surface area contributed by atoms with E-state index in [1.54, 1.807) is 6.07 Å². The van der Waals surface area contributed by atoms with Gasteiger partial charge in [-0.25, -0.2) is 8.42 Å². The lowest BCUT2D eigenvalue weighted by molar-refractivity contribution is 0.607. The second-order valence-corrected chi connectivity index (χ2v) is 7.81. The molecule has 0 aromatic heterocycles. The van der Waals surface area contributed by atoms with Crippen LogP contribution >= 0.6 is 11.8 Å². The van der Waals surface area contributed by atoms with Gasteiger partial charge in [0.2, 0.25) is 10.0 Å². The number of hydrogen-bond donors (Lipinski definition) is 2. The molecule has 1 atom stereocenters. The molecule has 110 valence electrons. The van der Waals surface area contributed by atoms with Crippen molar-refractivity contribution in [1.29, 1.82) is 0 Å². The highest BCUT2D eigenvalue weighted by molar-refractivity contribution is 7.99. The SMILES string of the molecule is CS(=O)(=O)Nc1cccc(NC2CSc3ccccc32)c1. The summed E-state index contributed by atoms with van der Waals surface area (Å²) < 4.78 is 25.1. The molecular weight excluding hydrogens is 304 g/mol. The number of hydrogen-bond acceptors (Lipinski definition) is 4. The molecule has 6 heteroatoms. The van der Waals surface area contributed by atoms with Crippen LogP contribution in [0.1, 0.15) is 11.6 Å². The Kier molecular flexibility index (Phi) is 3.82. The molecule has 1 heterocycles. The Morgan fingerprint density at radius 1 is 1.10 bits per heavy atom. The zero-order valence-corrected chi connectivity index (χ0v) is 13.2. The summed E-state index contributed by atoms with van der Waals surface area (Å²) in [7, 11) is -3.25. The van der Waals surface area contributed by atoms with E-state index in [1.807, 2.05) is 42.1 Å². The van der Waals surface area contributed by atoms with E-state index in [-0.39, 0.29) is 6.04 Å². The lowest BCUT2D eigenvalue weighted by atomic mass is 10.1. The maximum atomic E-state index is 11.3. The zero-order valence-electron chi connectivity index (χ0n) is 11.5. The molecule has 0 fully saturated rings. The molecule has 1 aliphatic rings. The van der Waals surface area contributed by atoms with Gasteiger partial charge in [0.1, 0.15) is 0 Å². The van der Waals surface area contributed by atoms with Crippen LogP contribution < -0.4 is 10.0 Å². The van der Waals surface area contributed by atoms with E-state index in [9.17, 15) is 8.42 Å². The van der Waals surface area contributed by atoms with Gasteiger partial charge in [-0.05, 0) is 29.8 Å². The number of anilines is 2. The van der Waals surface area contributed by atoms with Gasteiger partial charge in [-0.3, -0.25) is 4.72 Å². The van der Waals surface area contributed by atoms with Crippen molar-refractivity contribution in [3.05, 3.63) is 54.1 Å². The van der Waals surface area contributed by atoms with Crippen LogP contribution in [0.15, 0.2) is 53.4 Å². The molecule has 0 amide bonds. The number of fused-ring (bicyclic) bond motifs is 1. The molecule has 1 aliphatic heterocycles. The second kappa shape index (κ2) is 5.61. The number of thioether (sulfide) groups is 1. The van der Waals surface area contributed by atoms with Gasteiger partial charge >= 0.3 is 0 Å². The largest absolute Gasteiger partial charge is 0.377 e. The third-order valence-electron chi connectivity index (χ3n) is 3.21. The number of sulfonamides is 1. The Morgan fingerprint density at radius 2 is 1.86 bits per heavy atom. The smallest absolute Gasteiger partial charge is 0.229 e. The summed E-state index contributed by atoms with van der Waals surface area (Å²) in [6, 6.07) is 15.9. The lowest BCUT2D eigenvalue weighted by Crippen LogP contribution is -2.11. The summed E-state index contributed by atoms with van der Waals surface area (Å²) in [5, 5.41) is 3.47. The fourth-order valence-corrected chi connectivity index (χ4v) is 4.09. The molecule has 3 rings (SSSR count). The molecule has 0 aliphatic carbocycles. The molecule has 0 bridgehead atoms. The summed E-state index contributed by atoms with van der Waals surface area (Å²) in [5.41, 5.74) is 2.77. The maximum absolute atomic E-state index is 11.3. The van der Waals surface area contributed by atoms with E-state index >= 15 is 0 Å². The summed E-state index contributed by atoms with van der Waals surface area (Å²) in [6.07, 6.45) is 1.15. The van der Waals surface area contributed by atoms with Crippen molar-refractivity contribution in [1.82, 2.24) is 0 Å². The first kappa shape index (κ1) is 14.3. The Balaban J connectivity index is 1.79. The Bertz CT molecular complexity index is 760. The van der Waals surface area contributed by atoms with Crippen LogP contribution in [0.4, 0.5) is 11.4 Å². The molecule has 2 N–H and O–H groups in total. The van der Waals surface area contributed by atoms with Gasteiger partial charge in [0.15, 0.2) is 0 Å². The van der Waals surface area contributed by atoms with Crippen LogP contribution in [0, 0.1) is 0 Å². The third-order valence-corrected chi connectivity index (χ3v) is 5.00. The normalized spacial score (nSPS) is 17.3. The van der Waals surface area contributed by atoms with E-state index in [0.29, 0.717) is 5.69 Å². The van der Waals surface area contributed by atoms with Crippen LogP contribution in [0.5, 0.6) is 0 Å². The van der Waals surface area contributed by atoms with Crippen LogP contribution in [0.3, 0.4) is 0 Å². The predicted molar refractivity (Wildman–Crippen MR) is 88.4 cm³/mol. The average molecular weight is 320 g/mol. The monoisotopic (exact) mass is 320 g/mol. The minimum Gasteiger partial charge on any atom is -0.377 e. The molecule has 4 nitrogen and oxygen atoms in total. The van der Waals surface area contributed by atoms with E-state index in [2.05, 4.69) is 22.2 Å². The van der Waals surface area contributed by atoms with Crippen LogP contribution in [-0.2, 0) is 10.0 Å². The van der Waals surface area contributed by atoms with E-state index in [4.69, 9.17) is 0 Å². The molecule has 0 saturated heterocycles. The molecule has 2 aromatic carbocycles. The van der Waals surface area contributed by atoms with Gasteiger partial charge in [-0.1, -0.05) is 24.3 Å². The highest BCUT2D eigenvalue weighted by atomic mass is 32.2.